The Hall–Kier alpha value is -1.50. The number of carbonyl (C=O) groups is 2. The molecule has 1 saturated heterocycles. The lowest BCUT2D eigenvalue weighted by molar-refractivity contribution is -0.136. The number of carbonyl (C=O) groups excluding carboxylic acids is 2. The zero-order valence-electron chi connectivity index (χ0n) is 10.5. The van der Waals surface area contributed by atoms with E-state index in [4.69, 9.17) is 4.74 Å². The van der Waals surface area contributed by atoms with Crippen LogP contribution >= 0.6 is 15.9 Å². The van der Waals surface area contributed by atoms with Crippen LogP contribution in [0.5, 0.6) is 5.75 Å². The molecular weight excluding hydrogens is 336 g/mol. The zero-order valence-corrected chi connectivity index (χ0v) is 12.1. The molecule has 0 N–H and O–H groups in total. The third-order valence-electron chi connectivity index (χ3n) is 2.98. The number of nitrogens with zero attached hydrogens (tertiary/aromatic N) is 1. The lowest BCUT2D eigenvalue weighted by atomic mass is 10.1. The fourth-order valence-corrected chi connectivity index (χ4v) is 2.28. The number of hydrogen-bond acceptors (Lipinski definition) is 3. The van der Waals surface area contributed by atoms with Crippen LogP contribution in [0.3, 0.4) is 0 Å². The van der Waals surface area contributed by atoms with Crippen LogP contribution in [0.15, 0.2) is 16.6 Å². The van der Waals surface area contributed by atoms with Crippen LogP contribution in [-0.2, 0) is 9.59 Å². The van der Waals surface area contributed by atoms with Crippen LogP contribution in [0.4, 0.5) is 8.78 Å². The highest BCUT2D eigenvalue weighted by Gasteiger charge is 2.21. The third kappa shape index (κ3) is 3.53. The summed E-state index contributed by atoms with van der Waals surface area (Å²) in [6.07, 6.45) is 0.650. The highest BCUT2D eigenvalue weighted by molar-refractivity contribution is 9.10. The first-order valence-electron chi connectivity index (χ1n) is 6.04. The average Bonchev–Trinajstić information content (AvgIpc) is 2.41. The molecule has 2 rings (SSSR count). The second-order valence-corrected chi connectivity index (χ2v) is 5.32. The second kappa shape index (κ2) is 6.30. The van der Waals surface area contributed by atoms with Crippen LogP contribution in [0.2, 0.25) is 0 Å². The van der Waals surface area contributed by atoms with Gasteiger partial charge in [-0.1, -0.05) is 15.9 Å². The number of amides is 1. The number of piperidine rings is 1. The summed E-state index contributed by atoms with van der Waals surface area (Å²) in [7, 11) is 0. The van der Waals surface area contributed by atoms with Gasteiger partial charge in [0.25, 0.3) is 5.91 Å². The first kappa shape index (κ1) is 14.9. The van der Waals surface area contributed by atoms with Crippen molar-refractivity contribution in [1.82, 2.24) is 4.90 Å². The van der Waals surface area contributed by atoms with Gasteiger partial charge < -0.3 is 9.64 Å². The van der Waals surface area contributed by atoms with E-state index in [0.717, 1.165) is 6.07 Å². The Balaban J connectivity index is 1.95. The smallest absolute Gasteiger partial charge is 0.260 e. The van der Waals surface area contributed by atoms with Gasteiger partial charge in [0.05, 0.1) is 0 Å². The van der Waals surface area contributed by atoms with Crippen molar-refractivity contribution in [2.24, 2.45) is 0 Å². The van der Waals surface area contributed by atoms with E-state index in [9.17, 15) is 18.4 Å². The van der Waals surface area contributed by atoms with Gasteiger partial charge in [-0.2, -0.15) is 4.39 Å². The van der Waals surface area contributed by atoms with E-state index in [-0.39, 0.29) is 24.0 Å². The van der Waals surface area contributed by atoms with Crippen LogP contribution in [0.1, 0.15) is 12.8 Å². The first-order chi connectivity index (χ1) is 9.47. The van der Waals surface area contributed by atoms with Gasteiger partial charge in [-0.3, -0.25) is 9.59 Å². The molecule has 0 atom stereocenters. The van der Waals surface area contributed by atoms with E-state index in [0.29, 0.717) is 30.4 Å². The van der Waals surface area contributed by atoms with E-state index >= 15 is 0 Å². The molecule has 0 bridgehead atoms. The summed E-state index contributed by atoms with van der Waals surface area (Å²) in [4.78, 5) is 24.4. The molecule has 0 saturated carbocycles. The van der Waals surface area contributed by atoms with E-state index < -0.39 is 11.6 Å². The Labute approximate surface area is 122 Å². The molecule has 7 heteroatoms. The minimum Gasteiger partial charge on any atom is -0.481 e. The quantitative estimate of drug-likeness (QED) is 0.788. The Morgan fingerprint density at radius 3 is 2.60 bits per heavy atom. The topological polar surface area (TPSA) is 46.6 Å². The van der Waals surface area contributed by atoms with Gasteiger partial charge in [0.1, 0.15) is 5.78 Å². The van der Waals surface area contributed by atoms with E-state index in [1.54, 1.807) is 0 Å². The maximum Gasteiger partial charge on any atom is 0.260 e. The van der Waals surface area contributed by atoms with E-state index in [1.165, 1.54) is 11.0 Å². The largest absolute Gasteiger partial charge is 0.481 e. The highest BCUT2D eigenvalue weighted by Crippen LogP contribution is 2.25. The molecule has 20 heavy (non-hydrogen) atoms. The maximum absolute atomic E-state index is 13.4. The normalized spacial score (nSPS) is 15.3. The number of ether oxygens (including phenoxy) is 1. The summed E-state index contributed by atoms with van der Waals surface area (Å²) in [5.41, 5.74) is 0. The van der Waals surface area contributed by atoms with Crippen LogP contribution in [0.25, 0.3) is 0 Å². The molecule has 1 fully saturated rings. The predicted molar refractivity (Wildman–Crippen MR) is 70.4 cm³/mol. The van der Waals surface area contributed by atoms with Crippen molar-refractivity contribution >= 4 is 27.6 Å². The first-order valence-corrected chi connectivity index (χ1v) is 6.83. The van der Waals surface area contributed by atoms with Gasteiger partial charge in [-0.05, 0) is 12.1 Å². The lowest BCUT2D eigenvalue weighted by Gasteiger charge is -2.25. The summed E-state index contributed by atoms with van der Waals surface area (Å²) >= 11 is 3.02. The van der Waals surface area contributed by atoms with Crippen molar-refractivity contribution in [3.63, 3.8) is 0 Å². The highest BCUT2D eigenvalue weighted by atomic mass is 79.9. The number of halogens is 3. The minimum atomic E-state index is -1.13. The summed E-state index contributed by atoms with van der Waals surface area (Å²) in [5, 5.41) is 0. The summed E-state index contributed by atoms with van der Waals surface area (Å²) < 4.78 is 31.9. The maximum atomic E-state index is 13.4. The van der Waals surface area contributed by atoms with Gasteiger partial charge in [0, 0.05) is 30.4 Å². The van der Waals surface area contributed by atoms with Gasteiger partial charge in [-0.25, -0.2) is 4.39 Å². The number of likely N-dealkylation sites (tertiary alicyclic amines) is 1. The molecule has 0 unspecified atom stereocenters. The number of Topliss-reactive ketones (excluding diaryl/α,β-unsaturated/α-hetero) is 1. The summed E-state index contributed by atoms with van der Waals surface area (Å²) in [5.74, 6) is -2.73. The number of rotatable bonds is 3. The van der Waals surface area contributed by atoms with Gasteiger partial charge in [-0.15, -0.1) is 0 Å². The molecular formula is C13H12BrF2NO3. The number of ketones is 1. The Morgan fingerprint density at radius 1 is 1.30 bits per heavy atom. The Kier molecular flexibility index (Phi) is 4.69. The van der Waals surface area contributed by atoms with Crippen molar-refractivity contribution < 1.29 is 23.1 Å². The molecule has 1 aliphatic rings. The molecule has 4 nitrogen and oxygen atoms in total. The molecule has 1 aliphatic heterocycles. The van der Waals surface area contributed by atoms with Crippen LogP contribution in [-0.4, -0.2) is 36.3 Å². The third-order valence-corrected chi connectivity index (χ3v) is 3.44. The zero-order chi connectivity index (χ0) is 14.7. The predicted octanol–water partition coefficient (Wildman–Crippen LogP) is 2.30. The number of hydrogen-bond donors (Lipinski definition) is 0. The molecule has 0 radical (unpaired) electrons. The van der Waals surface area contributed by atoms with Crippen molar-refractivity contribution in [2.45, 2.75) is 12.8 Å². The van der Waals surface area contributed by atoms with Crippen molar-refractivity contribution in [1.29, 1.82) is 0 Å². The molecule has 1 aromatic rings. The van der Waals surface area contributed by atoms with E-state index in [2.05, 4.69) is 15.9 Å². The molecule has 0 spiro atoms. The summed E-state index contributed by atoms with van der Waals surface area (Å²) in [6, 6.07) is 2.23. The minimum absolute atomic E-state index is 0.120. The molecule has 0 aromatic heterocycles. The average molecular weight is 348 g/mol. The number of benzene rings is 1. The van der Waals surface area contributed by atoms with Crippen LogP contribution < -0.4 is 4.74 Å². The summed E-state index contributed by atoms with van der Waals surface area (Å²) in [6.45, 7) is 0.299. The molecule has 1 heterocycles. The van der Waals surface area contributed by atoms with Crippen molar-refractivity contribution in [2.75, 3.05) is 19.7 Å². The second-order valence-electron chi connectivity index (χ2n) is 4.41. The monoisotopic (exact) mass is 347 g/mol. The van der Waals surface area contributed by atoms with Crippen molar-refractivity contribution in [3.8, 4) is 5.75 Å². The van der Waals surface area contributed by atoms with Crippen molar-refractivity contribution in [3.05, 3.63) is 28.2 Å². The van der Waals surface area contributed by atoms with Gasteiger partial charge in [0.2, 0.25) is 5.82 Å². The van der Waals surface area contributed by atoms with Crippen LogP contribution in [0, 0.1) is 11.6 Å². The fraction of sp³-hybridized carbons (Fsp3) is 0.385. The van der Waals surface area contributed by atoms with Gasteiger partial charge in [0.15, 0.2) is 18.2 Å². The van der Waals surface area contributed by atoms with E-state index in [1.807, 2.05) is 0 Å². The Morgan fingerprint density at radius 2 is 1.95 bits per heavy atom. The lowest BCUT2D eigenvalue weighted by Crippen LogP contribution is -2.41. The molecule has 1 aromatic carbocycles. The molecule has 108 valence electrons. The molecule has 0 aliphatic carbocycles. The fourth-order valence-electron chi connectivity index (χ4n) is 1.87. The Bertz CT molecular complexity index is 541. The van der Waals surface area contributed by atoms with Gasteiger partial charge >= 0.3 is 0 Å². The molecule has 1 amide bonds. The SMILES string of the molecule is O=C1CCN(C(=O)COc2cc(Br)cc(F)c2F)CC1. The standard InChI is InChI=1S/C13H12BrF2NO3/c14-8-5-10(15)13(16)11(6-8)20-7-12(19)17-3-1-9(18)2-4-17/h5-6H,1-4,7H2.